The number of methoxy groups -OCH3 is 2. The van der Waals surface area contributed by atoms with Crippen molar-refractivity contribution in [2.45, 2.75) is 12.0 Å². The first-order valence-electron chi connectivity index (χ1n) is 6.33. The Morgan fingerprint density at radius 3 is 2.52 bits per heavy atom. The maximum atomic E-state index is 12.0. The topological polar surface area (TPSA) is 87.9 Å². The number of ether oxygens (including phenoxy) is 3. The molecule has 0 amide bonds. The quantitative estimate of drug-likeness (QED) is 0.664. The minimum Gasteiger partial charge on any atom is -0.492 e. The van der Waals surface area contributed by atoms with Crippen LogP contribution in [-0.4, -0.2) is 38.8 Å². The molecule has 1 aliphatic heterocycles. The predicted molar refractivity (Wildman–Crippen MR) is 75.2 cm³/mol. The number of carbonyl (C=O) groups is 2. The third-order valence-electron chi connectivity index (χ3n) is 3.49. The van der Waals surface area contributed by atoms with Crippen molar-refractivity contribution >= 4 is 23.5 Å². The molecule has 2 rings (SSSR count). The number of esters is 2. The largest absolute Gasteiger partial charge is 0.492 e. The van der Waals surface area contributed by atoms with Gasteiger partial charge >= 0.3 is 11.9 Å². The summed E-state index contributed by atoms with van der Waals surface area (Å²) in [7, 11) is 2.42. The van der Waals surface area contributed by atoms with Crippen LogP contribution in [0, 0.1) is 5.92 Å². The lowest BCUT2D eigenvalue weighted by molar-refractivity contribution is -0.160. The maximum Gasteiger partial charge on any atom is 0.320 e. The number of halogens is 1. The van der Waals surface area contributed by atoms with E-state index in [1.807, 2.05) is 0 Å². The number of hydrogen-bond acceptors (Lipinski definition) is 6. The lowest BCUT2D eigenvalue weighted by atomic mass is 9.79. The highest BCUT2D eigenvalue weighted by Gasteiger charge is 2.44. The lowest BCUT2D eigenvalue weighted by Crippen LogP contribution is -2.46. The number of carbonyl (C=O) groups excluding carboxylic acids is 2. The molecule has 1 aliphatic rings. The SMILES string of the molecule is COC(=O)C(C(=O)OC)C1c2cc(Cl)ccc2OCC1N. The Hall–Kier alpha value is -1.79. The first-order valence-corrected chi connectivity index (χ1v) is 6.71. The van der Waals surface area contributed by atoms with E-state index < -0.39 is 29.8 Å². The molecule has 0 saturated carbocycles. The fourth-order valence-corrected chi connectivity index (χ4v) is 2.68. The third kappa shape index (κ3) is 2.96. The summed E-state index contributed by atoms with van der Waals surface area (Å²) in [5.74, 6) is -2.63. The van der Waals surface area contributed by atoms with E-state index in [-0.39, 0.29) is 6.61 Å². The first kappa shape index (κ1) is 15.6. The summed E-state index contributed by atoms with van der Waals surface area (Å²) in [6, 6.07) is 4.43. The molecule has 0 spiro atoms. The summed E-state index contributed by atoms with van der Waals surface area (Å²) in [5, 5.41) is 0.463. The zero-order chi connectivity index (χ0) is 15.6. The molecule has 114 valence electrons. The molecule has 1 aromatic rings. The summed E-state index contributed by atoms with van der Waals surface area (Å²) >= 11 is 5.99. The summed E-state index contributed by atoms with van der Waals surface area (Å²) in [6.45, 7) is 0.184. The van der Waals surface area contributed by atoms with Crippen LogP contribution in [0.2, 0.25) is 5.02 Å². The van der Waals surface area contributed by atoms with E-state index in [9.17, 15) is 9.59 Å². The van der Waals surface area contributed by atoms with Gasteiger partial charge in [-0.2, -0.15) is 0 Å². The van der Waals surface area contributed by atoms with Crippen molar-refractivity contribution in [1.29, 1.82) is 0 Å². The van der Waals surface area contributed by atoms with Gasteiger partial charge in [0.1, 0.15) is 12.4 Å². The second kappa shape index (κ2) is 6.32. The third-order valence-corrected chi connectivity index (χ3v) is 3.73. The number of benzene rings is 1. The fraction of sp³-hybridized carbons (Fsp3) is 0.429. The van der Waals surface area contributed by atoms with Crippen molar-refractivity contribution in [3.8, 4) is 5.75 Å². The van der Waals surface area contributed by atoms with Crippen molar-refractivity contribution in [3.05, 3.63) is 28.8 Å². The van der Waals surface area contributed by atoms with Crippen LogP contribution < -0.4 is 10.5 Å². The molecular weight excluding hydrogens is 298 g/mol. The Labute approximate surface area is 127 Å². The molecule has 0 radical (unpaired) electrons. The molecule has 2 unspecified atom stereocenters. The van der Waals surface area contributed by atoms with E-state index in [0.717, 1.165) is 0 Å². The molecule has 0 aliphatic carbocycles. The zero-order valence-corrected chi connectivity index (χ0v) is 12.4. The van der Waals surface area contributed by atoms with Crippen molar-refractivity contribution in [2.75, 3.05) is 20.8 Å². The van der Waals surface area contributed by atoms with Crippen LogP contribution in [0.3, 0.4) is 0 Å². The second-order valence-corrected chi connectivity index (χ2v) is 5.14. The van der Waals surface area contributed by atoms with E-state index in [0.29, 0.717) is 16.3 Å². The Morgan fingerprint density at radius 2 is 1.95 bits per heavy atom. The van der Waals surface area contributed by atoms with Crippen LogP contribution in [0.15, 0.2) is 18.2 Å². The van der Waals surface area contributed by atoms with Crippen molar-refractivity contribution < 1.29 is 23.8 Å². The van der Waals surface area contributed by atoms with E-state index in [4.69, 9.17) is 31.5 Å². The van der Waals surface area contributed by atoms with Gasteiger partial charge in [-0.15, -0.1) is 0 Å². The number of hydrogen-bond donors (Lipinski definition) is 1. The maximum absolute atomic E-state index is 12.0. The van der Waals surface area contributed by atoms with E-state index >= 15 is 0 Å². The highest BCUT2D eigenvalue weighted by molar-refractivity contribution is 6.30. The fourth-order valence-electron chi connectivity index (χ4n) is 2.50. The molecule has 0 fully saturated rings. The van der Waals surface area contributed by atoms with Crippen LogP contribution in [0.25, 0.3) is 0 Å². The molecule has 2 N–H and O–H groups in total. The van der Waals surface area contributed by atoms with Gasteiger partial charge in [-0.3, -0.25) is 9.59 Å². The Balaban J connectivity index is 2.51. The Bertz CT molecular complexity index is 546. The molecule has 0 aromatic heterocycles. The van der Waals surface area contributed by atoms with E-state index in [1.54, 1.807) is 18.2 Å². The van der Waals surface area contributed by atoms with Gasteiger partial charge in [0, 0.05) is 22.5 Å². The number of nitrogens with two attached hydrogens (primary N) is 1. The monoisotopic (exact) mass is 313 g/mol. The van der Waals surface area contributed by atoms with Crippen molar-refractivity contribution in [1.82, 2.24) is 0 Å². The van der Waals surface area contributed by atoms with Crippen molar-refractivity contribution in [3.63, 3.8) is 0 Å². The molecule has 2 atom stereocenters. The Morgan fingerprint density at radius 1 is 1.33 bits per heavy atom. The average Bonchev–Trinajstić information content (AvgIpc) is 2.49. The molecule has 6 nitrogen and oxygen atoms in total. The van der Waals surface area contributed by atoms with Gasteiger partial charge in [-0.1, -0.05) is 11.6 Å². The van der Waals surface area contributed by atoms with Gasteiger partial charge in [-0.05, 0) is 18.2 Å². The number of rotatable bonds is 3. The molecule has 1 heterocycles. The normalized spacial score (nSPS) is 20.4. The molecule has 0 saturated heterocycles. The Kier molecular flexibility index (Phi) is 4.69. The molecule has 21 heavy (non-hydrogen) atoms. The summed E-state index contributed by atoms with van der Waals surface area (Å²) in [5.41, 5.74) is 6.65. The van der Waals surface area contributed by atoms with Crippen LogP contribution in [0.1, 0.15) is 11.5 Å². The zero-order valence-electron chi connectivity index (χ0n) is 11.7. The summed E-state index contributed by atoms with van der Waals surface area (Å²) in [6.07, 6.45) is 0. The smallest absolute Gasteiger partial charge is 0.320 e. The van der Waals surface area contributed by atoms with Gasteiger partial charge in [0.2, 0.25) is 0 Å². The highest BCUT2D eigenvalue weighted by atomic mass is 35.5. The van der Waals surface area contributed by atoms with Gasteiger partial charge in [0.05, 0.1) is 14.2 Å². The molecule has 1 aromatic carbocycles. The summed E-state index contributed by atoms with van der Waals surface area (Å²) in [4.78, 5) is 24.0. The standard InChI is InChI=1S/C14H16ClNO5/c1-19-13(17)12(14(18)20-2)11-8-5-7(15)3-4-10(8)21-6-9(11)16/h3-5,9,11-12H,6,16H2,1-2H3. The summed E-state index contributed by atoms with van der Waals surface area (Å²) < 4.78 is 14.9. The molecule has 0 bridgehead atoms. The predicted octanol–water partition coefficient (Wildman–Crippen LogP) is 1.11. The van der Waals surface area contributed by atoms with E-state index in [2.05, 4.69) is 0 Å². The van der Waals surface area contributed by atoms with Crippen LogP contribution in [-0.2, 0) is 19.1 Å². The van der Waals surface area contributed by atoms with Crippen LogP contribution in [0.4, 0.5) is 0 Å². The second-order valence-electron chi connectivity index (χ2n) is 4.71. The molecule has 7 heteroatoms. The van der Waals surface area contributed by atoms with Gasteiger partial charge in [0.25, 0.3) is 0 Å². The molecular formula is C14H16ClNO5. The minimum absolute atomic E-state index is 0.184. The van der Waals surface area contributed by atoms with Crippen LogP contribution in [0.5, 0.6) is 5.75 Å². The lowest BCUT2D eigenvalue weighted by Gasteiger charge is -2.34. The van der Waals surface area contributed by atoms with Crippen LogP contribution >= 0.6 is 11.6 Å². The van der Waals surface area contributed by atoms with Gasteiger partial charge in [0.15, 0.2) is 5.92 Å². The number of fused-ring (bicyclic) bond motifs is 1. The van der Waals surface area contributed by atoms with Gasteiger partial charge < -0.3 is 19.9 Å². The highest BCUT2D eigenvalue weighted by Crippen LogP contribution is 2.40. The minimum atomic E-state index is -1.16. The van der Waals surface area contributed by atoms with E-state index in [1.165, 1.54) is 14.2 Å². The van der Waals surface area contributed by atoms with Crippen molar-refractivity contribution in [2.24, 2.45) is 11.7 Å². The first-order chi connectivity index (χ1) is 9.99. The average molecular weight is 314 g/mol. The van der Waals surface area contributed by atoms with Gasteiger partial charge in [-0.25, -0.2) is 0 Å².